The fourth-order valence-corrected chi connectivity index (χ4v) is 1.98. The molecule has 0 saturated heterocycles. The number of anilines is 1. The number of hydrogen-bond acceptors (Lipinski definition) is 4. The highest BCUT2D eigenvalue weighted by Crippen LogP contribution is 2.29. The van der Waals surface area contributed by atoms with Crippen LogP contribution in [0.1, 0.15) is 37.9 Å². The van der Waals surface area contributed by atoms with Gasteiger partial charge in [0.25, 0.3) is 0 Å². The molecule has 0 unspecified atom stereocenters. The molecule has 4 nitrogen and oxygen atoms in total. The van der Waals surface area contributed by atoms with E-state index in [9.17, 15) is 0 Å². The Labute approximate surface area is 120 Å². The molecular formula is C16H22N4. The van der Waals surface area contributed by atoms with Crippen molar-refractivity contribution in [3.63, 3.8) is 0 Å². The average Bonchev–Trinajstić information content (AvgIpc) is 2.39. The Morgan fingerprint density at radius 3 is 2.25 bits per heavy atom. The van der Waals surface area contributed by atoms with E-state index in [0.29, 0.717) is 0 Å². The minimum absolute atomic E-state index is 0.0911. The highest BCUT2D eigenvalue weighted by atomic mass is 15.0. The van der Waals surface area contributed by atoms with Gasteiger partial charge >= 0.3 is 0 Å². The summed E-state index contributed by atoms with van der Waals surface area (Å²) in [5, 5.41) is 3.16. The van der Waals surface area contributed by atoms with Crippen molar-refractivity contribution in [1.29, 1.82) is 0 Å². The van der Waals surface area contributed by atoms with Crippen LogP contribution in [0.4, 0.5) is 5.82 Å². The van der Waals surface area contributed by atoms with Crippen LogP contribution in [0.2, 0.25) is 0 Å². The summed E-state index contributed by atoms with van der Waals surface area (Å²) in [5.41, 5.74) is 3.93. The molecule has 2 aromatic heterocycles. The van der Waals surface area contributed by atoms with Gasteiger partial charge in [-0.05, 0) is 26.0 Å². The maximum absolute atomic E-state index is 4.76. The predicted octanol–water partition coefficient (Wildman–Crippen LogP) is 3.49. The van der Waals surface area contributed by atoms with Crippen molar-refractivity contribution in [2.45, 2.75) is 40.0 Å². The van der Waals surface area contributed by atoms with Crippen LogP contribution in [0, 0.1) is 13.8 Å². The average molecular weight is 270 g/mol. The van der Waals surface area contributed by atoms with Crippen LogP contribution in [-0.2, 0) is 5.41 Å². The summed E-state index contributed by atoms with van der Waals surface area (Å²) in [5.74, 6) is 1.71. The first kappa shape index (κ1) is 14.4. The van der Waals surface area contributed by atoms with E-state index in [1.165, 1.54) is 0 Å². The van der Waals surface area contributed by atoms with Crippen molar-refractivity contribution in [3.05, 3.63) is 35.4 Å². The van der Waals surface area contributed by atoms with Crippen molar-refractivity contribution in [2.24, 2.45) is 0 Å². The van der Waals surface area contributed by atoms with E-state index in [0.717, 1.165) is 34.2 Å². The van der Waals surface area contributed by atoms with E-state index in [-0.39, 0.29) is 5.41 Å². The number of hydrogen-bond donors (Lipinski definition) is 1. The van der Waals surface area contributed by atoms with Crippen LogP contribution in [-0.4, -0.2) is 22.0 Å². The molecule has 0 saturated carbocycles. The Balaban J connectivity index is 2.65. The van der Waals surface area contributed by atoms with Crippen LogP contribution >= 0.6 is 0 Å². The first-order valence-electron chi connectivity index (χ1n) is 6.83. The zero-order valence-electron chi connectivity index (χ0n) is 13.1. The lowest BCUT2D eigenvalue weighted by molar-refractivity contribution is 0.546. The second-order valence-electron chi connectivity index (χ2n) is 6.06. The van der Waals surface area contributed by atoms with E-state index in [4.69, 9.17) is 4.98 Å². The van der Waals surface area contributed by atoms with E-state index >= 15 is 0 Å². The maximum Gasteiger partial charge on any atom is 0.136 e. The lowest BCUT2D eigenvalue weighted by Gasteiger charge is -2.20. The molecule has 0 aliphatic rings. The fourth-order valence-electron chi connectivity index (χ4n) is 1.98. The smallest absolute Gasteiger partial charge is 0.136 e. The van der Waals surface area contributed by atoms with Crippen LogP contribution in [0.5, 0.6) is 0 Å². The highest BCUT2D eigenvalue weighted by molar-refractivity contribution is 5.67. The molecule has 1 N–H and O–H groups in total. The number of nitrogens with zero attached hydrogens (tertiary/aromatic N) is 3. The minimum Gasteiger partial charge on any atom is -0.373 e. The molecule has 0 fully saturated rings. The molecule has 20 heavy (non-hydrogen) atoms. The molecule has 0 spiro atoms. The summed E-state index contributed by atoms with van der Waals surface area (Å²) in [6.45, 7) is 10.4. The van der Waals surface area contributed by atoms with Gasteiger partial charge in [0.15, 0.2) is 0 Å². The van der Waals surface area contributed by atoms with Gasteiger partial charge in [-0.15, -0.1) is 0 Å². The molecule has 0 radical (unpaired) electrons. The second kappa shape index (κ2) is 5.19. The molecule has 0 aromatic carbocycles. The van der Waals surface area contributed by atoms with Gasteiger partial charge in [-0.1, -0.05) is 20.8 Å². The van der Waals surface area contributed by atoms with Crippen LogP contribution < -0.4 is 5.32 Å². The van der Waals surface area contributed by atoms with Crippen molar-refractivity contribution < 1.29 is 0 Å². The van der Waals surface area contributed by atoms with E-state index in [1.807, 2.05) is 33.2 Å². The molecule has 2 aromatic rings. The van der Waals surface area contributed by atoms with Gasteiger partial charge in [0.2, 0.25) is 0 Å². The molecule has 2 heterocycles. The van der Waals surface area contributed by atoms with E-state index in [2.05, 4.69) is 42.1 Å². The van der Waals surface area contributed by atoms with E-state index in [1.54, 1.807) is 0 Å². The van der Waals surface area contributed by atoms with Gasteiger partial charge in [0.1, 0.15) is 11.6 Å². The third-order valence-electron chi connectivity index (χ3n) is 3.24. The predicted molar refractivity (Wildman–Crippen MR) is 83.0 cm³/mol. The Bertz CT molecular complexity index is 610. The standard InChI is InChI=1S/C16H22N4/c1-10-7-8-12(9-18-10)13-11(2)14(17-6)20-15(19-13)16(3,4)5/h7-9H,1-6H3,(H,17,19,20). The number of rotatable bonds is 2. The lowest BCUT2D eigenvalue weighted by atomic mass is 9.95. The molecule has 0 aliphatic heterocycles. The summed E-state index contributed by atoms with van der Waals surface area (Å²) in [4.78, 5) is 13.7. The summed E-state index contributed by atoms with van der Waals surface area (Å²) in [6, 6.07) is 4.07. The third kappa shape index (κ3) is 2.79. The quantitative estimate of drug-likeness (QED) is 0.907. The summed E-state index contributed by atoms with van der Waals surface area (Å²) >= 11 is 0. The lowest BCUT2D eigenvalue weighted by Crippen LogP contribution is -2.18. The van der Waals surface area contributed by atoms with Gasteiger partial charge < -0.3 is 5.32 Å². The SMILES string of the molecule is CNc1nc(C(C)(C)C)nc(-c2ccc(C)nc2)c1C. The second-order valence-corrected chi connectivity index (χ2v) is 6.06. The monoisotopic (exact) mass is 270 g/mol. The topological polar surface area (TPSA) is 50.7 Å². The van der Waals surface area contributed by atoms with Gasteiger partial charge in [0.05, 0.1) is 5.69 Å². The number of nitrogens with one attached hydrogen (secondary N) is 1. The Kier molecular flexibility index (Phi) is 3.75. The van der Waals surface area contributed by atoms with Crippen LogP contribution in [0.3, 0.4) is 0 Å². The minimum atomic E-state index is -0.0911. The summed E-state index contributed by atoms with van der Waals surface area (Å²) < 4.78 is 0. The molecule has 0 aliphatic carbocycles. The van der Waals surface area contributed by atoms with Gasteiger partial charge in [-0.2, -0.15) is 0 Å². The Morgan fingerprint density at radius 2 is 1.75 bits per heavy atom. The number of pyridine rings is 1. The molecular weight excluding hydrogens is 248 g/mol. The van der Waals surface area contributed by atoms with Gasteiger partial charge in [-0.3, -0.25) is 4.98 Å². The largest absolute Gasteiger partial charge is 0.373 e. The van der Waals surface area contributed by atoms with E-state index < -0.39 is 0 Å². The van der Waals surface area contributed by atoms with Gasteiger partial charge in [0, 0.05) is 35.5 Å². The van der Waals surface area contributed by atoms with Gasteiger partial charge in [-0.25, -0.2) is 9.97 Å². The maximum atomic E-state index is 4.76. The summed E-state index contributed by atoms with van der Waals surface area (Å²) in [7, 11) is 1.89. The number of aromatic nitrogens is 3. The molecule has 106 valence electrons. The molecule has 0 amide bonds. The van der Waals surface area contributed by atoms with Crippen molar-refractivity contribution in [1.82, 2.24) is 15.0 Å². The molecule has 0 atom stereocenters. The highest BCUT2D eigenvalue weighted by Gasteiger charge is 2.21. The molecule has 2 rings (SSSR count). The summed E-state index contributed by atoms with van der Waals surface area (Å²) in [6.07, 6.45) is 1.87. The first-order valence-corrected chi connectivity index (χ1v) is 6.83. The Hall–Kier alpha value is -1.97. The molecule has 0 bridgehead atoms. The zero-order valence-corrected chi connectivity index (χ0v) is 13.1. The first-order chi connectivity index (χ1) is 9.32. The van der Waals surface area contributed by atoms with Crippen molar-refractivity contribution >= 4 is 5.82 Å². The number of aryl methyl sites for hydroxylation is 1. The van der Waals surface area contributed by atoms with Crippen LogP contribution in [0.25, 0.3) is 11.3 Å². The Morgan fingerprint density at radius 1 is 1.05 bits per heavy atom. The van der Waals surface area contributed by atoms with Crippen molar-refractivity contribution in [3.8, 4) is 11.3 Å². The zero-order chi connectivity index (χ0) is 14.9. The normalized spacial score (nSPS) is 11.5. The van der Waals surface area contributed by atoms with Crippen LogP contribution in [0.15, 0.2) is 18.3 Å². The molecule has 4 heteroatoms. The fraction of sp³-hybridized carbons (Fsp3) is 0.438. The van der Waals surface area contributed by atoms with Crippen molar-refractivity contribution in [2.75, 3.05) is 12.4 Å². The third-order valence-corrected chi connectivity index (χ3v) is 3.24.